The molecule has 0 saturated heterocycles. The highest BCUT2D eigenvalue weighted by Crippen LogP contribution is 2.31. The van der Waals surface area contributed by atoms with Crippen LogP contribution in [-0.2, 0) is 10.1 Å². The average molecular weight is 402 g/mol. The predicted octanol–water partition coefficient (Wildman–Crippen LogP) is 3.01. The lowest BCUT2D eigenvalue weighted by molar-refractivity contribution is 0.0695. The molecule has 3 aromatic rings. The molecule has 0 radical (unpaired) electrons. The molecule has 0 fully saturated rings. The Morgan fingerprint density at radius 1 is 0.857 bits per heavy atom. The van der Waals surface area contributed by atoms with Gasteiger partial charge in [-0.25, -0.2) is 9.59 Å². The highest BCUT2D eigenvalue weighted by Gasteiger charge is 2.25. The zero-order valence-corrected chi connectivity index (χ0v) is 15.3. The largest absolute Gasteiger partial charge is 0.497 e. The Morgan fingerprint density at radius 2 is 1.46 bits per heavy atom. The molecule has 0 aliphatic carbocycles. The molecule has 3 rings (SSSR count). The lowest BCUT2D eigenvalue weighted by Crippen LogP contribution is -2.12. The number of ether oxygens (including phenoxy) is 1. The third kappa shape index (κ3) is 3.47. The smallest absolute Gasteiger partial charge is 0.339 e. The van der Waals surface area contributed by atoms with Crippen LogP contribution >= 0.6 is 0 Å². The topological polar surface area (TPSA) is 127 Å². The Labute approximate surface area is 159 Å². The lowest BCUT2D eigenvalue weighted by atomic mass is 9.99. The average Bonchev–Trinajstić information content (AvgIpc) is 2.66. The fourth-order valence-corrected chi connectivity index (χ4v) is 3.90. The molecule has 28 heavy (non-hydrogen) atoms. The number of carboxylic acid groups (broad SMARTS) is 2. The van der Waals surface area contributed by atoms with Gasteiger partial charge in [-0.2, -0.15) is 8.42 Å². The van der Waals surface area contributed by atoms with Crippen LogP contribution in [0.5, 0.6) is 11.5 Å². The van der Waals surface area contributed by atoms with Crippen LogP contribution in [0.1, 0.15) is 20.7 Å². The van der Waals surface area contributed by atoms with E-state index in [0.29, 0.717) is 5.75 Å². The van der Waals surface area contributed by atoms with Crippen LogP contribution in [0.2, 0.25) is 0 Å². The van der Waals surface area contributed by atoms with Crippen LogP contribution in [0.25, 0.3) is 10.8 Å². The summed E-state index contributed by atoms with van der Waals surface area (Å²) in [5, 5.41) is 18.5. The van der Waals surface area contributed by atoms with Crippen molar-refractivity contribution in [1.29, 1.82) is 0 Å². The van der Waals surface area contributed by atoms with Gasteiger partial charge in [-0.1, -0.05) is 18.2 Å². The standard InChI is InChI=1S/C19H14O8S/c1-26-11-4-2-5-12(10-11)27-28(24,25)16-9-8-15(19(22)23)17-13(16)6-3-7-14(17)18(20)21/h2-10H,1H3,(H,20,21)(H,22,23). The maximum atomic E-state index is 12.8. The first-order valence-corrected chi connectivity index (χ1v) is 9.26. The number of benzene rings is 3. The first-order chi connectivity index (χ1) is 13.2. The molecule has 0 saturated carbocycles. The van der Waals surface area contributed by atoms with E-state index in [0.717, 1.165) is 12.1 Å². The first-order valence-electron chi connectivity index (χ1n) is 7.85. The van der Waals surface area contributed by atoms with E-state index in [9.17, 15) is 28.2 Å². The molecule has 0 spiro atoms. The fourth-order valence-electron chi connectivity index (χ4n) is 2.78. The van der Waals surface area contributed by atoms with Gasteiger partial charge in [0.05, 0.1) is 18.2 Å². The van der Waals surface area contributed by atoms with Crippen LogP contribution in [0.15, 0.2) is 59.5 Å². The van der Waals surface area contributed by atoms with Crippen molar-refractivity contribution in [3.05, 3.63) is 65.7 Å². The quantitative estimate of drug-likeness (QED) is 0.602. The Bertz CT molecular complexity index is 1180. The first kappa shape index (κ1) is 19.2. The number of hydrogen-bond acceptors (Lipinski definition) is 6. The van der Waals surface area contributed by atoms with Gasteiger partial charge in [0.1, 0.15) is 16.4 Å². The number of fused-ring (bicyclic) bond motifs is 1. The number of carboxylic acids is 2. The van der Waals surface area contributed by atoms with Gasteiger partial charge in [-0.15, -0.1) is 0 Å². The normalized spacial score (nSPS) is 11.2. The van der Waals surface area contributed by atoms with Crippen molar-refractivity contribution < 1.29 is 37.1 Å². The van der Waals surface area contributed by atoms with E-state index in [-0.39, 0.29) is 32.5 Å². The summed E-state index contributed by atoms with van der Waals surface area (Å²) in [6.45, 7) is 0. The van der Waals surface area contributed by atoms with Gasteiger partial charge in [-0.05, 0) is 30.3 Å². The number of hydrogen-bond donors (Lipinski definition) is 2. The van der Waals surface area contributed by atoms with Crippen LogP contribution in [0.4, 0.5) is 0 Å². The summed E-state index contributed by atoms with van der Waals surface area (Å²) in [6.07, 6.45) is 0. The molecule has 0 unspecified atom stereocenters. The SMILES string of the molecule is COc1cccc(OS(=O)(=O)c2ccc(C(=O)O)c3c(C(=O)O)cccc23)c1. The number of aromatic carboxylic acids is 2. The minimum absolute atomic E-state index is 0.01000. The van der Waals surface area contributed by atoms with E-state index in [4.69, 9.17) is 8.92 Å². The monoisotopic (exact) mass is 402 g/mol. The molecular weight excluding hydrogens is 388 g/mol. The second kappa shape index (κ2) is 7.20. The fraction of sp³-hybridized carbons (Fsp3) is 0.0526. The van der Waals surface area contributed by atoms with Crippen molar-refractivity contribution in [3.63, 3.8) is 0 Å². The van der Waals surface area contributed by atoms with Gasteiger partial charge < -0.3 is 19.1 Å². The molecule has 8 nitrogen and oxygen atoms in total. The maximum Gasteiger partial charge on any atom is 0.339 e. The number of methoxy groups -OCH3 is 1. The molecular formula is C19H14O8S. The molecule has 0 atom stereocenters. The zero-order chi connectivity index (χ0) is 20.5. The van der Waals surface area contributed by atoms with Gasteiger partial charge in [0.2, 0.25) is 0 Å². The predicted molar refractivity (Wildman–Crippen MR) is 98.7 cm³/mol. The third-order valence-corrected chi connectivity index (χ3v) is 5.28. The van der Waals surface area contributed by atoms with Crippen LogP contribution < -0.4 is 8.92 Å². The van der Waals surface area contributed by atoms with Crippen molar-refractivity contribution in [1.82, 2.24) is 0 Å². The van der Waals surface area contributed by atoms with Crippen molar-refractivity contribution in [2.45, 2.75) is 4.90 Å². The van der Waals surface area contributed by atoms with E-state index in [1.807, 2.05) is 0 Å². The van der Waals surface area contributed by atoms with Gasteiger partial charge in [0.15, 0.2) is 0 Å². The van der Waals surface area contributed by atoms with Crippen molar-refractivity contribution in [2.75, 3.05) is 7.11 Å². The van der Waals surface area contributed by atoms with Crippen LogP contribution in [-0.4, -0.2) is 37.7 Å². The van der Waals surface area contributed by atoms with Gasteiger partial charge >= 0.3 is 22.1 Å². The van der Waals surface area contributed by atoms with Crippen LogP contribution in [0, 0.1) is 0 Å². The molecule has 144 valence electrons. The van der Waals surface area contributed by atoms with Crippen LogP contribution in [0.3, 0.4) is 0 Å². The third-order valence-electron chi connectivity index (χ3n) is 3.98. The summed E-state index contributed by atoms with van der Waals surface area (Å²) < 4.78 is 35.8. The van der Waals surface area contributed by atoms with Gasteiger partial charge in [-0.3, -0.25) is 0 Å². The highest BCUT2D eigenvalue weighted by molar-refractivity contribution is 7.87. The Hall–Kier alpha value is -3.59. The molecule has 0 amide bonds. The Balaban J connectivity index is 2.22. The maximum absolute atomic E-state index is 12.8. The summed E-state index contributed by atoms with van der Waals surface area (Å²) in [5.41, 5.74) is -0.651. The number of carbonyl (C=O) groups is 2. The minimum Gasteiger partial charge on any atom is -0.497 e. The van der Waals surface area contributed by atoms with Crippen molar-refractivity contribution in [2.24, 2.45) is 0 Å². The molecule has 3 aromatic carbocycles. The molecule has 9 heteroatoms. The van der Waals surface area contributed by atoms with Gasteiger partial charge in [0.25, 0.3) is 0 Å². The van der Waals surface area contributed by atoms with E-state index < -0.39 is 22.1 Å². The summed E-state index contributed by atoms with van der Waals surface area (Å²) >= 11 is 0. The molecule has 0 heterocycles. The molecule has 0 aromatic heterocycles. The van der Waals surface area contributed by atoms with E-state index in [2.05, 4.69) is 0 Å². The van der Waals surface area contributed by atoms with Crippen molar-refractivity contribution >= 4 is 32.8 Å². The molecule has 0 bridgehead atoms. The zero-order valence-electron chi connectivity index (χ0n) is 14.4. The number of rotatable bonds is 6. The summed E-state index contributed by atoms with van der Waals surface area (Å²) in [5.74, 6) is -2.39. The summed E-state index contributed by atoms with van der Waals surface area (Å²) in [6, 6.07) is 11.9. The Morgan fingerprint density at radius 3 is 2.11 bits per heavy atom. The summed E-state index contributed by atoms with van der Waals surface area (Å²) in [4.78, 5) is 22.7. The summed E-state index contributed by atoms with van der Waals surface area (Å²) in [7, 11) is -2.98. The van der Waals surface area contributed by atoms with Gasteiger partial charge in [0, 0.05) is 16.8 Å². The van der Waals surface area contributed by atoms with Crippen molar-refractivity contribution in [3.8, 4) is 11.5 Å². The minimum atomic E-state index is -4.39. The highest BCUT2D eigenvalue weighted by atomic mass is 32.2. The molecule has 0 aliphatic rings. The van der Waals surface area contributed by atoms with E-state index in [1.54, 1.807) is 6.07 Å². The second-order valence-corrected chi connectivity index (χ2v) is 7.18. The van der Waals surface area contributed by atoms with E-state index >= 15 is 0 Å². The molecule has 0 aliphatic heterocycles. The van der Waals surface area contributed by atoms with E-state index in [1.165, 1.54) is 43.5 Å². The Kier molecular flexibility index (Phi) is 4.93. The lowest BCUT2D eigenvalue weighted by Gasteiger charge is -2.13. The molecule has 2 N–H and O–H groups in total. The second-order valence-electron chi connectivity index (χ2n) is 5.67.